The van der Waals surface area contributed by atoms with Crippen LogP contribution in [-0.2, 0) is 5.41 Å². The van der Waals surface area contributed by atoms with Crippen molar-refractivity contribution in [3.05, 3.63) is 81.6 Å². The van der Waals surface area contributed by atoms with Crippen molar-refractivity contribution in [2.24, 2.45) is 0 Å². The van der Waals surface area contributed by atoms with Crippen molar-refractivity contribution in [3.8, 4) is 28.2 Å². The van der Waals surface area contributed by atoms with Crippen molar-refractivity contribution in [1.82, 2.24) is 44.7 Å². The number of tetrazole rings is 1. The number of fused-ring (bicyclic) bond motifs is 2. The fourth-order valence-corrected chi connectivity index (χ4v) is 5.34. The summed E-state index contributed by atoms with van der Waals surface area (Å²) in [5.74, 6) is -0.354. The highest BCUT2D eigenvalue weighted by atomic mass is 35.5. The first-order valence-electron chi connectivity index (χ1n) is 11.7. The minimum atomic E-state index is -0.731. The molecular weight excluding hydrogens is 518 g/mol. The second-order valence-corrected chi connectivity index (χ2v) is 9.85. The molecule has 1 atom stereocenters. The monoisotopic (exact) mass is 534 g/mol. The van der Waals surface area contributed by atoms with Gasteiger partial charge in [0.2, 0.25) is 5.95 Å². The number of imidazole rings is 1. The second-order valence-electron chi connectivity index (χ2n) is 9.44. The average Bonchev–Trinajstić information content (AvgIpc) is 3.24. The molecule has 0 unspecified atom stereocenters. The smallest absolute Gasteiger partial charge is 0.254 e. The molecule has 5 aromatic rings. The lowest BCUT2D eigenvalue weighted by Crippen LogP contribution is -2.26. The molecule has 1 aliphatic carbocycles. The van der Waals surface area contributed by atoms with Crippen LogP contribution < -0.4 is 11.3 Å². The number of halogens is 3. The molecule has 1 aliphatic heterocycles. The Bertz CT molecular complexity index is 1790. The minimum Gasteiger partial charge on any atom is -0.384 e. The van der Waals surface area contributed by atoms with E-state index in [-0.39, 0.29) is 38.6 Å². The van der Waals surface area contributed by atoms with Crippen molar-refractivity contribution in [2.45, 2.75) is 30.7 Å². The molecule has 38 heavy (non-hydrogen) atoms. The third kappa shape index (κ3) is 3.35. The predicted octanol–water partition coefficient (Wildman–Crippen LogP) is 3.21. The third-order valence-corrected chi connectivity index (χ3v) is 7.46. The van der Waals surface area contributed by atoms with E-state index in [0.717, 1.165) is 12.8 Å². The molecular formula is C24H17ClF2N10O. The lowest BCUT2D eigenvalue weighted by atomic mass is 10.0. The van der Waals surface area contributed by atoms with Gasteiger partial charge in [-0.15, -0.1) is 5.10 Å². The predicted molar refractivity (Wildman–Crippen MR) is 131 cm³/mol. The van der Waals surface area contributed by atoms with Gasteiger partial charge in [0, 0.05) is 11.5 Å². The SMILES string of the molecule is Nc1ccc(-c2cnc([C@@H]3CC4(CC4)c4nc(-c5c(-n6cnnn6)ccc(Cl)c5F)cc(=O)n43)[nH]2)c(F)n1. The first-order valence-corrected chi connectivity index (χ1v) is 12.1. The number of anilines is 1. The molecule has 1 saturated carbocycles. The summed E-state index contributed by atoms with van der Waals surface area (Å²) in [6.45, 7) is 0. The molecule has 1 spiro atoms. The first-order chi connectivity index (χ1) is 18.3. The second kappa shape index (κ2) is 7.99. The van der Waals surface area contributed by atoms with Crippen LogP contribution in [-0.4, -0.2) is 44.7 Å². The highest BCUT2D eigenvalue weighted by molar-refractivity contribution is 6.31. The molecule has 7 rings (SSSR count). The summed E-state index contributed by atoms with van der Waals surface area (Å²) >= 11 is 6.10. The molecule has 0 amide bonds. The average molecular weight is 535 g/mol. The van der Waals surface area contributed by atoms with Gasteiger partial charge in [-0.2, -0.15) is 9.07 Å². The van der Waals surface area contributed by atoms with Gasteiger partial charge in [-0.05, 0) is 54.0 Å². The Morgan fingerprint density at radius 1 is 1.16 bits per heavy atom. The summed E-state index contributed by atoms with van der Waals surface area (Å²) in [5, 5.41) is 11.0. The van der Waals surface area contributed by atoms with Crippen LogP contribution in [0.3, 0.4) is 0 Å². The molecule has 0 saturated heterocycles. The van der Waals surface area contributed by atoms with Crippen LogP contribution in [0.1, 0.15) is 37.0 Å². The van der Waals surface area contributed by atoms with Gasteiger partial charge in [-0.25, -0.2) is 19.3 Å². The Balaban J connectivity index is 1.35. The molecule has 5 heterocycles. The van der Waals surface area contributed by atoms with Crippen molar-refractivity contribution in [3.63, 3.8) is 0 Å². The summed E-state index contributed by atoms with van der Waals surface area (Å²) in [4.78, 5) is 29.6. The highest BCUT2D eigenvalue weighted by Crippen LogP contribution is 2.58. The van der Waals surface area contributed by atoms with Crippen molar-refractivity contribution >= 4 is 17.4 Å². The van der Waals surface area contributed by atoms with Gasteiger partial charge < -0.3 is 10.7 Å². The summed E-state index contributed by atoms with van der Waals surface area (Å²) in [6.07, 6.45) is 5.03. The summed E-state index contributed by atoms with van der Waals surface area (Å²) in [7, 11) is 0. The fourth-order valence-electron chi connectivity index (χ4n) is 5.18. The number of nitrogens with zero attached hydrogens (tertiary/aromatic N) is 8. The van der Waals surface area contributed by atoms with E-state index in [1.807, 2.05) is 0 Å². The van der Waals surface area contributed by atoms with E-state index >= 15 is 4.39 Å². The molecule has 4 aromatic heterocycles. The van der Waals surface area contributed by atoms with Crippen LogP contribution in [0, 0.1) is 11.8 Å². The minimum absolute atomic E-state index is 0.0242. The maximum Gasteiger partial charge on any atom is 0.254 e. The zero-order valence-electron chi connectivity index (χ0n) is 19.4. The van der Waals surface area contributed by atoms with Gasteiger partial charge in [-0.3, -0.25) is 9.36 Å². The maximum absolute atomic E-state index is 15.4. The summed E-state index contributed by atoms with van der Waals surface area (Å²) in [5.41, 5.74) is 5.92. The van der Waals surface area contributed by atoms with Crippen molar-refractivity contribution < 1.29 is 8.78 Å². The molecule has 3 N–H and O–H groups in total. The number of hydrogen-bond acceptors (Lipinski definition) is 8. The Kier molecular flexibility index (Phi) is 4.76. The quantitative estimate of drug-likeness (QED) is 0.334. The van der Waals surface area contributed by atoms with Gasteiger partial charge in [0.25, 0.3) is 5.56 Å². The van der Waals surface area contributed by atoms with Crippen LogP contribution in [0.4, 0.5) is 14.6 Å². The Morgan fingerprint density at radius 3 is 2.74 bits per heavy atom. The number of nitrogen functional groups attached to an aromatic ring is 1. The van der Waals surface area contributed by atoms with Crippen LogP contribution in [0.2, 0.25) is 5.02 Å². The van der Waals surface area contributed by atoms with Gasteiger partial charge in [0.1, 0.15) is 23.8 Å². The van der Waals surface area contributed by atoms with E-state index in [1.54, 1.807) is 10.6 Å². The Morgan fingerprint density at radius 2 is 2.00 bits per heavy atom. The van der Waals surface area contributed by atoms with E-state index in [1.165, 1.54) is 41.5 Å². The van der Waals surface area contributed by atoms with E-state index in [2.05, 4.69) is 30.5 Å². The lowest BCUT2D eigenvalue weighted by molar-refractivity contribution is 0.542. The normalized spacial score (nSPS) is 17.2. The third-order valence-electron chi connectivity index (χ3n) is 7.17. The molecule has 0 radical (unpaired) electrons. The molecule has 1 fully saturated rings. The number of nitrogens with two attached hydrogens (primary N) is 1. The zero-order chi connectivity index (χ0) is 26.2. The molecule has 1 aromatic carbocycles. The van der Waals surface area contributed by atoms with Crippen LogP contribution in [0.25, 0.3) is 28.2 Å². The molecule has 0 bridgehead atoms. The number of benzene rings is 1. The molecule has 190 valence electrons. The first kappa shape index (κ1) is 22.7. The van der Waals surface area contributed by atoms with Gasteiger partial charge in [0.05, 0.1) is 45.5 Å². The lowest BCUT2D eigenvalue weighted by Gasteiger charge is -2.15. The molecule has 2 aliphatic rings. The van der Waals surface area contributed by atoms with E-state index in [9.17, 15) is 9.18 Å². The van der Waals surface area contributed by atoms with E-state index in [0.29, 0.717) is 29.5 Å². The number of aromatic nitrogens is 9. The van der Waals surface area contributed by atoms with Crippen LogP contribution >= 0.6 is 11.6 Å². The number of H-pyrrole nitrogens is 1. The topological polar surface area (TPSA) is 146 Å². The van der Waals surface area contributed by atoms with Crippen LogP contribution in [0.15, 0.2) is 47.7 Å². The van der Waals surface area contributed by atoms with Gasteiger partial charge in [0.15, 0.2) is 5.82 Å². The molecule has 11 nitrogen and oxygen atoms in total. The maximum atomic E-state index is 15.4. The summed E-state index contributed by atoms with van der Waals surface area (Å²) in [6, 6.07) is 6.79. The highest BCUT2D eigenvalue weighted by Gasteiger charge is 2.55. The Labute approximate surface area is 217 Å². The van der Waals surface area contributed by atoms with Crippen molar-refractivity contribution in [2.75, 3.05) is 5.73 Å². The van der Waals surface area contributed by atoms with Crippen LogP contribution in [0.5, 0.6) is 0 Å². The number of aromatic amines is 1. The largest absolute Gasteiger partial charge is 0.384 e. The standard InChI is InChI=1S/C24H17ClF2N10O/c25-12-2-3-15(36-10-30-34-35-36)19(20(12)26)13-7-18(38)37-16(8-24(5-6-24)23(37)32-13)22-29-9-14(31-22)11-1-4-17(28)33-21(11)27/h1-4,7,9-10,16H,5-6,8H2,(H2,28,33)(H,29,31)/t16-/m0/s1. The number of pyridine rings is 1. The van der Waals surface area contributed by atoms with Gasteiger partial charge >= 0.3 is 0 Å². The fraction of sp³-hybridized carbons (Fsp3) is 0.208. The summed E-state index contributed by atoms with van der Waals surface area (Å²) < 4.78 is 32.6. The number of hydrogen-bond donors (Lipinski definition) is 2. The van der Waals surface area contributed by atoms with Crippen molar-refractivity contribution in [1.29, 1.82) is 0 Å². The number of rotatable bonds is 4. The van der Waals surface area contributed by atoms with E-state index < -0.39 is 17.8 Å². The Hall–Kier alpha value is -4.52. The number of nitrogens with one attached hydrogen (secondary N) is 1. The molecule has 14 heteroatoms. The zero-order valence-corrected chi connectivity index (χ0v) is 20.2. The van der Waals surface area contributed by atoms with Gasteiger partial charge in [-0.1, -0.05) is 11.6 Å². The van der Waals surface area contributed by atoms with E-state index in [4.69, 9.17) is 22.3 Å².